The molecule has 0 aliphatic carbocycles. The lowest BCUT2D eigenvalue weighted by molar-refractivity contribution is 0.0965. The monoisotopic (exact) mass is 442 g/mol. The van der Waals surface area contributed by atoms with Gasteiger partial charge in [0.05, 0.1) is 11.3 Å². The van der Waals surface area contributed by atoms with E-state index in [2.05, 4.69) is 39.7 Å². The number of anilines is 2. The number of hydrogen-bond acceptors (Lipinski definition) is 5. The molecule has 1 aromatic carbocycles. The van der Waals surface area contributed by atoms with Crippen LogP contribution >= 0.6 is 0 Å². The van der Waals surface area contributed by atoms with Gasteiger partial charge in [0.1, 0.15) is 5.82 Å². The Balaban J connectivity index is 1.48. The van der Waals surface area contributed by atoms with Crippen molar-refractivity contribution in [2.45, 2.75) is 25.7 Å². The van der Waals surface area contributed by atoms with Crippen LogP contribution in [0.4, 0.5) is 15.9 Å². The molecule has 7 heteroatoms. The predicted molar refractivity (Wildman–Crippen MR) is 127 cm³/mol. The average molecular weight is 443 g/mol. The molecule has 1 fully saturated rings. The lowest BCUT2D eigenvalue weighted by atomic mass is 9.89. The minimum absolute atomic E-state index is 0.342. The van der Waals surface area contributed by atoms with E-state index < -0.39 is 5.95 Å². The summed E-state index contributed by atoms with van der Waals surface area (Å²) in [6.07, 6.45) is 5.59. The molecule has 167 valence electrons. The maximum Gasteiger partial charge on any atom is 0.281 e. The Kier molecular flexibility index (Phi) is 5.64. The van der Waals surface area contributed by atoms with Crippen LogP contribution in [0.15, 0.2) is 48.7 Å². The van der Waals surface area contributed by atoms with Crippen molar-refractivity contribution >= 4 is 23.5 Å². The van der Waals surface area contributed by atoms with Gasteiger partial charge in [-0.2, -0.15) is 4.39 Å². The fourth-order valence-electron chi connectivity index (χ4n) is 4.52. The van der Waals surface area contributed by atoms with Crippen LogP contribution in [0.1, 0.15) is 45.9 Å². The minimum Gasteiger partial charge on any atom is -0.340 e. The van der Waals surface area contributed by atoms with E-state index in [1.165, 1.54) is 17.8 Å². The van der Waals surface area contributed by atoms with Crippen molar-refractivity contribution in [1.29, 1.82) is 0 Å². The molecule has 2 aliphatic heterocycles. The maximum absolute atomic E-state index is 13.5. The smallest absolute Gasteiger partial charge is 0.281 e. The van der Waals surface area contributed by atoms with Gasteiger partial charge < -0.3 is 10.2 Å². The van der Waals surface area contributed by atoms with Gasteiger partial charge in [0.25, 0.3) is 5.91 Å². The summed E-state index contributed by atoms with van der Waals surface area (Å²) in [5.41, 5.74) is 5.18. The van der Waals surface area contributed by atoms with Gasteiger partial charge in [-0.1, -0.05) is 12.1 Å². The molecule has 0 saturated carbocycles. The van der Waals surface area contributed by atoms with Gasteiger partial charge in [-0.25, -0.2) is 15.3 Å². The zero-order valence-electron chi connectivity index (χ0n) is 18.7. The van der Waals surface area contributed by atoms with Crippen LogP contribution in [0.2, 0.25) is 0 Å². The van der Waals surface area contributed by atoms with Crippen molar-refractivity contribution < 1.29 is 9.18 Å². The van der Waals surface area contributed by atoms with Crippen LogP contribution in [0.3, 0.4) is 0 Å². The van der Waals surface area contributed by atoms with E-state index in [9.17, 15) is 9.18 Å². The quantitative estimate of drug-likeness (QED) is 0.584. The largest absolute Gasteiger partial charge is 0.340 e. The summed E-state index contributed by atoms with van der Waals surface area (Å²) in [7, 11) is 2.16. The second-order valence-corrected chi connectivity index (χ2v) is 8.66. The molecule has 3 aromatic rings. The van der Waals surface area contributed by atoms with Crippen molar-refractivity contribution in [1.82, 2.24) is 20.2 Å². The highest BCUT2D eigenvalue weighted by Crippen LogP contribution is 2.33. The molecule has 1 amide bonds. The van der Waals surface area contributed by atoms with Crippen molar-refractivity contribution in [3.63, 3.8) is 0 Å². The van der Waals surface area contributed by atoms with Crippen LogP contribution in [-0.2, 0) is 0 Å². The summed E-state index contributed by atoms with van der Waals surface area (Å²) >= 11 is 0. The number of hydrogen-bond donors (Lipinski definition) is 1. The van der Waals surface area contributed by atoms with E-state index in [-0.39, 0.29) is 5.91 Å². The number of carbonyl (C=O) groups excluding carboxylic acids is 1. The summed E-state index contributed by atoms with van der Waals surface area (Å²) in [5, 5.41) is 7.23. The Hall–Kier alpha value is -3.58. The number of fused-ring (bicyclic) bond motifs is 1. The second-order valence-electron chi connectivity index (χ2n) is 8.66. The number of nitrogens with one attached hydrogen (secondary N) is 1. The Labute approximate surface area is 192 Å². The Bertz CT molecular complexity index is 1230. The molecular weight excluding hydrogens is 417 g/mol. The number of rotatable bonds is 4. The summed E-state index contributed by atoms with van der Waals surface area (Å²) in [4.78, 5) is 23.6. The normalized spacial score (nSPS) is 16.4. The predicted octanol–water partition coefficient (Wildman–Crippen LogP) is 4.87. The number of aryl methyl sites for hydroxylation is 1. The molecular formula is C26H25FN5O. The van der Waals surface area contributed by atoms with Crippen molar-refractivity contribution in [2.24, 2.45) is 0 Å². The first kappa shape index (κ1) is 21.3. The minimum atomic E-state index is -0.536. The molecule has 6 nitrogen and oxygen atoms in total. The fourth-order valence-corrected chi connectivity index (χ4v) is 4.52. The molecule has 0 spiro atoms. The zero-order valence-corrected chi connectivity index (χ0v) is 18.7. The van der Waals surface area contributed by atoms with Crippen molar-refractivity contribution in [2.75, 3.05) is 25.5 Å². The molecule has 1 radical (unpaired) electrons. The first-order valence-corrected chi connectivity index (χ1v) is 11.1. The molecule has 0 bridgehead atoms. The van der Waals surface area contributed by atoms with Gasteiger partial charge in [0.15, 0.2) is 0 Å². The van der Waals surface area contributed by atoms with Gasteiger partial charge in [0.2, 0.25) is 5.95 Å². The molecule has 0 unspecified atom stereocenters. The highest BCUT2D eigenvalue weighted by Gasteiger charge is 2.23. The van der Waals surface area contributed by atoms with E-state index in [0.29, 0.717) is 39.8 Å². The van der Waals surface area contributed by atoms with Gasteiger partial charge in [-0.15, -0.1) is 0 Å². The van der Waals surface area contributed by atoms with Crippen LogP contribution in [0.25, 0.3) is 17.3 Å². The number of amides is 1. The zero-order chi connectivity index (χ0) is 22.9. The number of halogens is 1. The van der Waals surface area contributed by atoms with Crippen LogP contribution in [-0.4, -0.2) is 40.9 Å². The third kappa shape index (κ3) is 4.36. The van der Waals surface area contributed by atoms with Gasteiger partial charge >= 0.3 is 0 Å². The van der Waals surface area contributed by atoms with E-state index in [4.69, 9.17) is 4.98 Å². The number of benzene rings is 1. The van der Waals surface area contributed by atoms with E-state index in [0.717, 1.165) is 31.6 Å². The lowest BCUT2D eigenvalue weighted by Crippen LogP contribution is -2.29. The number of aromatic nitrogens is 2. The number of pyridine rings is 2. The first-order valence-electron chi connectivity index (χ1n) is 11.1. The van der Waals surface area contributed by atoms with E-state index >= 15 is 0 Å². The summed E-state index contributed by atoms with van der Waals surface area (Å²) in [6, 6.07) is 13.1. The SMILES string of the molecule is Cc1nc(F)ccc1-c1cc2c(c(Nc3ccc(C4CCN(C)CC4)cc3)n1)C(=O)[N]C=C2. The Morgan fingerprint density at radius 1 is 1.06 bits per heavy atom. The summed E-state index contributed by atoms with van der Waals surface area (Å²) < 4.78 is 13.5. The number of nitrogens with zero attached hydrogens (tertiary/aromatic N) is 4. The van der Waals surface area contributed by atoms with Crippen molar-refractivity contribution in [3.8, 4) is 11.3 Å². The second kappa shape index (κ2) is 8.75. The average Bonchev–Trinajstić information content (AvgIpc) is 2.80. The standard InChI is InChI=1S/C26H25FN5O/c1-16-21(7-8-23(27)29-16)22-15-19-9-12-28-26(33)24(19)25(31-22)30-20-5-3-17(4-6-20)18-10-13-32(2)14-11-18/h3-9,12,15,18H,10-11,13-14H2,1-2H3,(H,30,31). The topological polar surface area (TPSA) is 72.2 Å². The van der Waals surface area contributed by atoms with Crippen molar-refractivity contribution in [3.05, 3.63) is 77.0 Å². The molecule has 2 aromatic heterocycles. The molecule has 4 heterocycles. The maximum atomic E-state index is 13.5. The molecule has 0 atom stereocenters. The van der Waals surface area contributed by atoms with Crippen LogP contribution in [0, 0.1) is 12.9 Å². The third-order valence-corrected chi connectivity index (χ3v) is 6.40. The highest BCUT2D eigenvalue weighted by atomic mass is 19.1. The van der Waals surface area contributed by atoms with Gasteiger partial charge in [-0.3, -0.25) is 4.79 Å². The number of carbonyl (C=O) groups is 1. The Morgan fingerprint density at radius 2 is 1.82 bits per heavy atom. The van der Waals surface area contributed by atoms with E-state index in [1.54, 1.807) is 19.1 Å². The summed E-state index contributed by atoms with van der Waals surface area (Å²) in [6.45, 7) is 3.97. The molecule has 2 aliphatic rings. The molecule has 1 N–H and O–H groups in total. The highest BCUT2D eigenvalue weighted by molar-refractivity contribution is 6.05. The number of piperidine rings is 1. The molecule has 33 heavy (non-hydrogen) atoms. The number of likely N-dealkylation sites (tertiary alicyclic amines) is 1. The lowest BCUT2D eigenvalue weighted by Gasteiger charge is -2.29. The molecule has 1 saturated heterocycles. The summed E-state index contributed by atoms with van der Waals surface area (Å²) in [5.74, 6) is 0.123. The third-order valence-electron chi connectivity index (χ3n) is 6.40. The van der Waals surface area contributed by atoms with Gasteiger partial charge in [0, 0.05) is 23.1 Å². The molecule has 5 rings (SSSR count). The van der Waals surface area contributed by atoms with E-state index in [1.807, 2.05) is 18.2 Å². The van der Waals surface area contributed by atoms with Crippen LogP contribution in [0.5, 0.6) is 0 Å². The first-order chi connectivity index (χ1) is 16.0. The Morgan fingerprint density at radius 3 is 2.55 bits per heavy atom. The van der Waals surface area contributed by atoms with Crippen LogP contribution < -0.4 is 10.6 Å². The fraction of sp³-hybridized carbons (Fsp3) is 0.269. The van der Waals surface area contributed by atoms with Gasteiger partial charge in [-0.05, 0) is 93.4 Å².